The summed E-state index contributed by atoms with van der Waals surface area (Å²) in [6.45, 7) is 0.00999. The van der Waals surface area contributed by atoms with E-state index in [4.69, 9.17) is 4.74 Å². The average molecular weight is 294 g/mol. The third-order valence-corrected chi connectivity index (χ3v) is 2.87. The molecular formula is C14H12F2N2O3. The van der Waals surface area contributed by atoms with E-state index in [2.05, 4.69) is 5.32 Å². The summed E-state index contributed by atoms with van der Waals surface area (Å²) in [7, 11) is 1.38. The second kappa shape index (κ2) is 6.17. The second-order valence-electron chi connectivity index (χ2n) is 4.23. The van der Waals surface area contributed by atoms with E-state index < -0.39 is 16.6 Å². The maximum Gasteiger partial charge on any atom is 0.274 e. The van der Waals surface area contributed by atoms with Crippen molar-refractivity contribution >= 4 is 11.4 Å². The predicted octanol–water partition coefficient (Wildman–Crippen LogP) is 3.49. The summed E-state index contributed by atoms with van der Waals surface area (Å²) >= 11 is 0. The Balaban J connectivity index is 2.24. The lowest BCUT2D eigenvalue weighted by atomic mass is 10.1. The van der Waals surface area contributed by atoms with Gasteiger partial charge in [0.2, 0.25) is 0 Å². The molecule has 5 nitrogen and oxygen atoms in total. The minimum atomic E-state index is -0.585. The Kier molecular flexibility index (Phi) is 4.32. The largest absolute Gasteiger partial charge is 0.494 e. The number of benzene rings is 2. The minimum absolute atomic E-state index is 0.00999. The van der Waals surface area contributed by atoms with Gasteiger partial charge < -0.3 is 10.1 Å². The molecule has 0 saturated carbocycles. The molecule has 0 aliphatic rings. The Morgan fingerprint density at radius 1 is 1.19 bits per heavy atom. The SMILES string of the molecule is COc1cc(F)ccc1NCc1cc(F)ccc1[N+](=O)[O-]. The van der Waals surface area contributed by atoms with Gasteiger partial charge in [-0.2, -0.15) is 0 Å². The van der Waals surface area contributed by atoms with Crippen molar-refractivity contribution in [2.24, 2.45) is 0 Å². The quantitative estimate of drug-likeness (QED) is 0.677. The van der Waals surface area contributed by atoms with Crippen molar-refractivity contribution in [3.8, 4) is 5.75 Å². The molecule has 0 amide bonds. The van der Waals surface area contributed by atoms with Gasteiger partial charge in [-0.1, -0.05) is 0 Å². The molecule has 2 aromatic carbocycles. The number of hydrogen-bond acceptors (Lipinski definition) is 4. The highest BCUT2D eigenvalue weighted by Crippen LogP contribution is 2.27. The smallest absolute Gasteiger partial charge is 0.274 e. The van der Waals surface area contributed by atoms with Gasteiger partial charge in [-0.15, -0.1) is 0 Å². The van der Waals surface area contributed by atoms with Gasteiger partial charge in [0.25, 0.3) is 5.69 Å². The molecule has 110 valence electrons. The molecule has 0 fully saturated rings. The lowest BCUT2D eigenvalue weighted by Gasteiger charge is -2.11. The molecule has 0 spiro atoms. The molecule has 0 saturated heterocycles. The Labute approximate surface area is 119 Å². The third kappa shape index (κ3) is 3.44. The third-order valence-electron chi connectivity index (χ3n) is 2.87. The van der Waals surface area contributed by atoms with Gasteiger partial charge >= 0.3 is 0 Å². The maximum absolute atomic E-state index is 13.2. The topological polar surface area (TPSA) is 64.4 Å². The standard InChI is InChI=1S/C14H12F2N2O3/c1-21-14-7-11(16)2-4-12(14)17-8-9-6-10(15)3-5-13(9)18(19)20/h2-7,17H,8H2,1H3. The van der Waals surface area contributed by atoms with Crippen LogP contribution in [0.25, 0.3) is 0 Å². The van der Waals surface area contributed by atoms with Crippen molar-refractivity contribution in [1.82, 2.24) is 0 Å². The van der Waals surface area contributed by atoms with Crippen molar-refractivity contribution < 1.29 is 18.4 Å². The highest BCUT2D eigenvalue weighted by atomic mass is 19.1. The highest BCUT2D eigenvalue weighted by molar-refractivity contribution is 5.57. The van der Waals surface area contributed by atoms with Crippen molar-refractivity contribution in [1.29, 1.82) is 0 Å². The number of hydrogen-bond donors (Lipinski definition) is 1. The molecule has 0 aliphatic heterocycles. The molecule has 0 atom stereocenters. The average Bonchev–Trinajstić information content (AvgIpc) is 2.45. The lowest BCUT2D eigenvalue weighted by Crippen LogP contribution is -2.05. The summed E-state index contributed by atoms with van der Waals surface area (Å²) < 4.78 is 31.3. The maximum atomic E-state index is 13.2. The first kappa shape index (κ1) is 14.7. The van der Waals surface area contributed by atoms with Crippen LogP contribution in [0.4, 0.5) is 20.2 Å². The molecule has 2 rings (SSSR count). The van der Waals surface area contributed by atoms with Crippen LogP contribution < -0.4 is 10.1 Å². The van der Waals surface area contributed by atoms with Gasteiger partial charge in [0.05, 0.1) is 23.3 Å². The number of anilines is 1. The fraction of sp³-hybridized carbons (Fsp3) is 0.143. The molecular weight excluding hydrogens is 282 g/mol. The van der Waals surface area contributed by atoms with Crippen LogP contribution in [-0.2, 0) is 6.54 Å². The lowest BCUT2D eigenvalue weighted by molar-refractivity contribution is -0.385. The Bertz CT molecular complexity index is 677. The highest BCUT2D eigenvalue weighted by Gasteiger charge is 2.15. The molecule has 21 heavy (non-hydrogen) atoms. The predicted molar refractivity (Wildman–Crippen MR) is 73.3 cm³/mol. The van der Waals surface area contributed by atoms with Crippen molar-refractivity contribution in [2.75, 3.05) is 12.4 Å². The monoisotopic (exact) mass is 294 g/mol. The number of methoxy groups -OCH3 is 1. The van der Waals surface area contributed by atoms with E-state index in [1.807, 2.05) is 0 Å². The molecule has 0 aromatic heterocycles. The molecule has 2 aromatic rings. The minimum Gasteiger partial charge on any atom is -0.494 e. The zero-order valence-electron chi connectivity index (χ0n) is 11.1. The van der Waals surface area contributed by atoms with E-state index in [0.29, 0.717) is 5.69 Å². The number of halogens is 2. The summed E-state index contributed by atoms with van der Waals surface area (Å²) in [4.78, 5) is 10.3. The molecule has 0 bridgehead atoms. The van der Waals surface area contributed by atoms with Gasteiger partial charge in [0.1, 0.15) is 17.4 Å². The fourth-order valence-electron chi connectivity index (χ4n) is 1.88. The zero-order valence-corrected chi connectivity index (χ0v) is 11.1. The number of nitrogens with zero attached hydrogens (tertiary/aromatic N) is 1. The number of nitro benzene ring substituents is 1. The van der Waals surface area contributed by atoms with E-state index >= 15 is 0 Å². The molecule has 0 heterocycles. The number of nitro groups is 1. The first-order chi connectivity index (χ1) is 10.0. The van der Waals surface area contributed by atoms with Gasteiger partial charge in [0, 0.05) is 18.7 Å². The van der Waals surface area contributed by atoms with Gasteiger partial charge in [-0.05, 0) is 24.3 Å². The molecule has 7 heteroatoms. The van der Waals surface area contributed by atoms with E-state index in [1.165, 1.54) is 25.3 Å². The Morgan fingerprint density at radius 2 is 1.86 bits per heavy atom. The summed E-state index contributed by atoms with van der Waals surface area (Å²) in [5.74, 6) is -0.772. The van der Waals surface area contributed by atoms with Crippen LogP contribution >= 0.6 is 0 Å². The van der Waals surface area contributed by atoms with Gasteiger partial charge in [0.15, 0.2) is 0 Å². The first-order valence-electron chi connectivity index (χ1n) is 6.01. The fourth-order valence-corrected chi connectivity index (χ4v) is 1.88. The van der Waals surface area contributed by atoms with Gasteiger partial charge in [-0.3, -0.25) is 10.1 Å². The number of rotatable bonds is 5. The summed E-state index contributed by atoms with van der Waals surface area (Å²) in [5.41, 5.74) is 0.453. The zero-order chi connectivity index (χ0) is 15.4. The second-order valence-corrected chi connectivity index (χ2v) is 4.23. The van der Waals surface area contributed by atoms with E-state index in [0.717, 1.165) is 18.2 Å². The molecule has 0 unspecified atom stereocenters. The van der Waals surface area contributed by atoms with Crippen LogP contribution in [0.15, 0.2) is 36.4 Å². The van der Waals surface area contributed by atoms with E-state index in [-0.39, 0.29) is 23.5 Å². The number of ether oxygens (including phenoxy) is 1. The van der Waals surface area contributed by atoms with Crippen LogP contribution in [0.3, 0.4) is 0 Å². The summed E-state index contributed by atoms with van der Waals surface area (Å²) in [6.07, 6.45) is 0. The molecule has 0 aliphatic carbocycles. The summed E-state index contributed by atoms with van der Waals surface area (Å²) in [6, 6.07) is 7.07. The molecule has 1 N–H and O–H groups in total. The van der Waals surface area contributed by atoms with Gasteiger partial charge in [-0.25, -0.2) is 8.78 Å². The van der Waals surface area contributed by atoms with E-state index in [9.17, 15) is 18.9 Å². The Morgan fingerprint density at radius 3 is 2.52 bits per heavy atom. The van der Waals surface area contributed by atoms with Crippen LogP contribution in [0.5, 0.6) is 5.75 Å². The Hall–Kier alpha value is -2.70. The van der Waals surface area contributed by atoms with E-state index in [1.54, 1.807) is 0 Å². The summed E-state index contributed by atoms with van der Waals surface area (Å²) in [5, 5.41) is 13.8. The van der Waals surface area contributed by atoms with Crippen LogP contribution in [0.1, 0.15) is 5.56 Å². The van der Waals surface area contributed by atoms with Crippen LogP contribution in [0.2, 0.25) is 0 Å². The number of nitrogens with one attached hydrogen (secondary N) is 1. The van der Waals surface area contributed by atoms with Crippen molar-refractivity contribution in [2.45, 2.75) is 6.54 Å². The van der Waals surface area contributed by atoms with Crippen molar-refractivity contribution in [3.05, 3.63) is 63.7 Å². The molecule has 0 radical (unpaired) electrons. The van der Waals surface area contributed by atoms with Crippen LogP contribution in [0, 0.1) is 21.7 Å². The normalized spacial score (nSPS) is 10.2. The first-order valence-corrected chi connectivity index (χ1v) is 6.01. The van der Waals surface area contributed by atoms with Crippen molar-refractivity contribution in [3.63, 3.8) is 0 Å². The van der Waals surface area contributed by atoms with Crippen LogP contribution in [-0.4, -0.2) is 12.0 Å².